The van der Waals surface area contributed by atoms with E-state index in [-0.39, 0.29) is 16.1 Å². The number of rotatable bonds is 5. The molecule has 0 aliphatic rings. The number of amides is 1. The van der Waals surface area contributed by atoms with E-state index in [1.165, 1.54) is 4.68 Å². The molecule has 2 N–H and O–H groups in total. The van der Waals surface area contributed by atoms with Crippen molar-refractivity contribution in [3.63, 3.8) is 0 Å². The number of sulfonamides is 1. The molecule has 7 nitrogen and oxygen atoms in total. The zero-order valence-electron chi connectivity index (χ0n) is 16.1. The van der Waals surface area contributed by atoms with E-state index >= 15 is 0 Å². The number of aromatic nitrogens is 2. The lowest BCUT2D eigenvalue weighted by atomic mass is 10.1. The van der Waals surface area contributed by atoms with Gasteiger partial charge in [0.25, 0.3) is 15.9 Å². The van der Waals surface area contributed by atoms with Crippen molar-refractivity contribution in [2.24, 2.45) is 7.05 Å². The Balaban J connectivity index is 1.91. The molecule has 0 atom stereocenters. The van der Waals surface area contributed by atoms with Crippen LogP contribution in [-0.2, 0) is 17.1 Å². The van der Waals surface area contributed by atoms with Gasteiger partial charge in [0.15, 0.2) is 0 Å². The van der Waals surface area contributed by atoms with E-state index in [0.717, 1.165) is 5.56 Å². The highest BCUT2D eigenvalue weighted by molar-refractivity contribution is 7.92. The second kappa shape index (κ2) is 7.47. The van der Waals surface area contributed by atoms with Crippen molar-refractivity contribution in [1.82, 2.24) is 9.78 Å². The molecular weight excluding hydrogens is 376 g/mol. The molecule has 0 radical (unpaired) electrons. The van der Waals surface area contributed by atoms with Crippen LogP contribution in [0.5, 0.6) is 0 Å². The number of nitrogens with one attached hydrogen (secondary N) is 2. The molecule has 1 heterocycles. The van der Waals surface area contributed by atoms with Crippen LogP contribution in [0.4, 0.5) is 11.4 Å². The molecule has 0 spiro atoms. The van der Waals surface area contributed by atoms with Crippen molar-refractivity contribution < 1.29 is 13.2 Å². The van der Waals surface area contributed by atoms with E-state index in [0.29, 0.717) is 17.1 Å². The van der Waals surface area contributed by atoms with Crippen LogP contribution in [0.2, 0.25) is 0 Å². The van der Waals surface area contributed by atoms with Gasteiger partial charge in [-0.15, -0.1) is 0 Å². The standard InChI is InChI=1S/C20H22N4O3S/c1-13-9-11-16(12-10-13)21-20(25)17-7-5-6-8-18(17)23-28(26,27)19-14(2)22-24(4)15(19)3/h5-12,23H,1-4H3,(H,21,25). The number of hydrogen-bond donors (Lipinski definition) is 2. The number of anilines is 2. The van der Waals surface area contributed by atoms with Crippen LogP contribution in [0.25, 0.3) is 0 Å². The van der Waals surface area contributed by atoms with Crippen LogP contribution >= 0.6 is 0 Å². The van der Waals surface area contributed by atoms with Crippen molar-refractivity contribution >= 4 is 27.3 Å². The maximum atomic E-state index is 12.9. The van der Waals surface area contributed by atoms with Crippen LogP contribution in [0, 0.1) is 20.8 Å². The molecule has 8 heteroatoms. The minimum absolute atomic E-state index is 0.115. The summed E-state index contributed by atoms with van der Waals surface area (Å²) in [4.78, 5) is 12.8. The molecule has 0 aliphatic carbocycles. The summed E-state index contributed by atoms with van der Waals surface area (Å²) in [5.74, 6) is -0.401. The maximum absolute atomic E-state index is 12.9. The molecule has 1 aromatic heterocycles. The zero-order valence-corrected chi connectivity index (χ0v) is 17.0. The van der Waals surface area contributed by atoms with Gasteiger partial charge in [0.05, 0.1) is 22.6 Å². The Morgan fingerprint density at radius 2 is 1.64 bits per heavy atom. The lowest BCUT2D eigenvalue weighted by Crippen LogP contribution is -2.19. The number of benzene rings is 2. The predicted molar refractivity (Wildman–Crippen MR) is 109 cm³/mol. The Hall–Kier alpha value is -3.13. The highest BCUT2D eigenvalue weighted by Gasteiger charge is 2.25. The molecule has 0 saturated carbocycles. The van der Waals surface area contributed by atoms with E-state index < -0.39 is 15.9 Å². The summed E-state index contributed by atoms with van der Waals surface area (Å²) in [6.45, 7) is 5.28. The van der Waals surface area contributed by atoms with Gasteiger partial charge in [-0.05, 0) is 45.0 Å². The summed E-state index contributed by atoms with van der Waals surface area (Å²) in [7, 11) is -2.22. The summed E-state index contributed by atoms with van der Waals surface area (Å²) in [6, 6.07) is 13.8. The van der Waals surface area contributed by atoms with E-state index in [2.05, 4.69) is 15.1 Å². The maximum Gasteiger partial charge on any atom is 0.265 e. The summed E-state index contributed by atoms with van der Waals surface area (Å²) in [5, 5.41) is 6.95. The fourth-order valence-corrected chi connectivity index (χ4v) is 4.46. The fraction of sp³-hybridized carbons (Fsp3) is 0.200. The van der Waals surface area contributed by atoms with E-state index in [1.54, 1.807) is 57.3 Å². The molecule has 2 aromatic carbocycles. The van der Waals surface area contributed by atoms with Crippen molar-refractivity contribution in [3.05, 3.63) is 71.0 Å². The molecule has 3 rings (SSSR count). The lowest BCUT2D eigenvalue weighted by Gasteiger charge is -2.13. The largest absolute Gasteiger partial charge is 0.322 e. The molecule has 1 amide bonds. The van der Waals surface area contributed by atoms with Gasteiger partial charge in [-0.1, -0.05) is 29.8 Å². The smallest absolute Gasteiger partial charge is 0.265 e. The zero-order chi connectivity index (χ0) is 20.5. The predicted octanol–water partition coefficient (Wildman–Crippen LogP) is 3.40. The van der Waals surface area contributed by atoms with Crippen molar-refractivity contribution in [1.29, 1.82) is 0 Å². The monoisotopic (exact) mass is 398 g/mol. The van der Waals surface area contributed by atoms with Crippen LogP contribution in [0.15, 0.2) is 53.4 Å². The van der Waals surface area contributed by atoms with Crippen molar-refractivity contribution in [2.75, 3.05) is 10.0 Å². The summed E-state index contributed by atoms with van der Waals surface area (Å²) < 4.78 is 29.9. The highest BCUT2D eigenvalue weighted by atomic mass is 32.2. The highest BCUT2D eigenvalue weighted by Crippen LogP contribution is 2.25. The van der Waals surface area contributed by atoms with E-state index in [4.69, 9.17) is 0 Å². The van der Waals surface area contributed by atoms with E-state index in [9.17, 15) is 13.2 Å². The molecule has 28 heavy (non-hydrogen) atoms. The van der Waals surface area contributed by atoms with Gasteiger partial charge in [0, 0.05) is 12.7 Å². The molecule has 3 aromatic rings. The molecular formula is C20H22N4O3S. The van der Waals surface area contributed by atoms with Gasteiger partial charge in [0.2, 0.25) is 0 Å². The number of carbonyl (C=O) groups excluding carboxylic acids is 1. The molecule has 0 fully saturated rings. The lowest BCUT2D eigenvalue weighted by molar-refractivity contribution is 0.102. The van der Waals surface area contributed by atoms with Crippen LogP contribution in [0.1, 0.15) is 27.3 Å². The SMILES string of the molecule is Cc1ccc(NC(=O)c2ccccc2NS(=O)(=O)c2c(C)nn(C)c2C)cc1. The third-order valence-corrected chi connectivity index (χ3v) is 6.05. The molecule has 0 unspecified atom stereocenters. The Morgan fingerprint density at radius 1 is 1.00 bits per heavy atom. The van der Waals surface area contributed by atoms with Crippen LogP contribution in [-0.4, -0.2) is 24.1 Å². The molecule has 0 aliphatic heterocycles. The number of hydrogen-bond acceptors (Lipinski definition) is 4. The van der Waals surface area contributed by atoms with Crippen LogP contribution in [0.3, 0.4) is 0 Å². The van der Waals surface area contributed by atoms with E-state index in [1.807, 2.05) is 19.1 Å². The Morgan fingerprint density at radius 3 is 2.25 bits per heavy atom. The topological polar surface area (TPSA) is 93.1 Å². The van der Waals surface area contributed by atoms with Gasteiger partial charge < -0.3 is 5.32 Å². The number of aryl methyl sites for hydroxylation is 3. The van der Waals surface area contributed by atoms with Gasteiger partial charge in [-0.3, -0.25) is 14.2 Å². The average molecular weight is 398 g/mol. The molecule has 0 bridgehead atoms. The Kier molecular flexibility index (Phi) is 5.24. The van der Waals surface area contributed by atoms with Gasteiger partial charge in [0.1, 0.15) is 4.90 Å². The summed E-state index contributed by atoms with van der Waals surface area (Å²) >= 11 is 0. The minimum atomic E-state index is -3.90. The van der Waals surface area contributed by atoms with Crippen molar-refractivity contribution in [2.45, 2.75) is 25.7 Å². The van der Waals surface area contributed by atoms with Gasteiger partial charge in [-0.25, -0.2) is 8.42 Å². The average Bonchev–Trinajstić information content (AvgIpc) is 2.89. The number of para-hydroxylation sites is 1. The second-order valence-corrected chi connectivity index (χ2v) is 8.21. The first-order chi connectivity index (χ1) is 13.2. The molecule has 146 valence electrons. The first kappa shape index (κ1) is 19.6. The Labute approximate surface area is 164 Å². The fourth-order valence-electron chi connectivity index (χ4n) is 2.94. The minimum Gasteiger partial charge on any atom is -0.322 e. The molecule has 0 saturated heterocycles. The summed E-state index contributed by atoms with van der Waals surface area (Å²) in [6.07, 6.45) is 0. The Bertz CT molecular complexity index is 1130. The third kappa shape index (κ3) is 3.91. The van der Waals surface area contributed by atoms with Crippen LogP contribution < -0.4 is 10.0 Å². The normalized spacial score (nSPS) is 11.3. The third-order valence-electron chi connectivity index (χ3n) is 4.44. The second-order valence-electron chi connectivity index (χ2n) is 6.59. The summed E-state index contributed by atoms with van der Waals surface area (Å²) in [5.41, 5.74) is 3.06. The first-order valence-electron chi connectivity index (χ1n) is 8.69. The number of nitrogens with zero attached hydrogens (tertiary/aromatic N) is 2. The van der Waals surface area contributed by atoms with Crippen molar-refractivity contribution in [3.8, 4) is 0 Å². The van der Waals surface area contributed by atoms with Gasteiger partial charge >= 0.3 is 0 Å². The first-order valence-corrected chi connectivity index (χ1v) is 10.2. The number of carbonyl (C=O) groups is 1. The van der Waals surface area contributed by atoms with Gasteiger partial charge in [-0.2, -0.15) is 5.10 Å². The quantitative estimate of drug-likeness (QED) is 0.689.